The highest BCUT2D eigenvalue weighted by atomic mass is 32.1. The van der Waals surface area contributed by atoms with E-state index >= 15 is 0 Å². The van der Waals surface area contributed by atoms with Crippen molar-refractivity contribution in [1.82, 2.24) is 5.32 Å². The molecule has 1 N–H and O–H groups in total. The molecule has 0 spiro atoms. The molecule has 0 saturated heterocycles. The van der Waals surface area contributed by atoms with E-state index in [0.717, 1.165) is 24.2 Å². The van der Waals surface area contributed by atoms with E-state index in [1.807, 2.05) is 37.3 Å². The van der Waals surface area contributed by atoms with Crippen molar-refractivity contribution in [2.75, 3.05) is 7.11 Å². The van der Waals surface area contributed by atoms with E-state index in [2.05, 4.69) is 16.8 Å². The summed E-state index contributed by atoms with van der Waals surface area (Å²) in [6, 6.07) is 11.9. The van der Waals surface area contributed by atoms with Crippen molar-refractivity contribution in [1.29, 1.82) is 0 Å². The number of thiophene rings is 1. The van der Waals surface area contributed by atoms with E-state index in [1.165, 1.54) is 4.88 Å². The number of hydrogen-bond donors (Lipinski definition) is 1. The van der Waals surface area contributed by atoms with Crippen molar-refractivity contribution in [3.8, 4) is 5.75 Å². The van der Waals surface area contributed by atoms with Gasteiger partial charge < -0.3 is 10.1 Å². The number of aryl methyl sites for hydroxylation is 1. The summed E-state index contributed by atoms with van der Waals surface area (Å²) in [7, 11) is 1.65. The van der Waals surface area contributed by atoms with E-state index in [9.17, 15) is 4.79 Å². The van der Waals surface area contributed by atoms with Crippen molar-refractivity contribution in [2.45, 2.75) is 32.2 Å². The van der Waals surface area contributed by atoms with Gasteiger partial charge in [0.1, 0.15) is 5.75 Å². The molecule has 1 unspecified atom stereocenters. The largest absolute Gasteiger partial charge is 0.496 e. The zero-order valence-electron chi connectivity index (χ0n) is 12.5. The number of amides is 1. The molecule has 0 aliphatic heterocycles. The number of rotatable bonds is 7. The molecule has 21 heavy (non-hydrogen) atoms. The third kappa shape index (κ3) is 4.60. The van der Waals surface area contributed by atoms with Gasteiger partial charge >= 0.3 is 0 Å². The predicted octanol–water partition coefficient (Wildman–Crippen LogP) is 3.96. The molecule has 0 radical (unpaired) electrons. The Hall–Kier alpha value is -1.81. The standard InChI is InChI=1S/C17H21NO2S/c1-13(15-9-3-4-10-16(15)20-2)18-17(19)11-5-7-14-8-6-12-21-14/h3-4,6,8-10,12-13H,5,7,11H2,1-2H3,(H,18,19). The second-order valence-electron chi connectivity index (χ2n) is 4.96. The van der Waals surface area contributed by atoms with Gasteiger partial charge in [0, 0.05) is 16.9 Å². The predicted molar refractivity (Wildman–Crippen MR) is 86.8 cm³/mol. The molecule has 0 saturated carbocycles. The van der Waals surface area contributed by atoms with Crippen LogP contribution in [0.5, 0.6) is 5.75 Å². The lowest BCUT2D eigenvalue weighted by atomic mass is 10.1. The molecule has 112 valence electrons. The molecule has 0 fully saturated rings. The van der Waals surface area contributed by atoms with Crippen LogP contribution in [-0.4, -0.2) is 13.0 Å². The fraction of sp³-hybridized carbons (Fsp3) is 0.353. The molecule has 1 heterocycles. The fourth-order valence-corrected chi connectivity index (χ4v) is 3.04. The Morgan fingerprint density at radius 3 is 2.81 bits per heavy atom. The highest BCUT2D eigenvalue weighted by Gasteiger charge is 2.13. The molecule has 2 aromatic rings. The second kappa shape index (κ2) is 7.84. The van der Waals surface area contributed by atoms with E-state index < -0.39 is 0 Å². The molecule has 0 bridgehead atoms. The van der Waals surface area contributed by atoms with Crippen LogP contribution in [0.1, 0.15) is 36.2 Å². The minimum Gasteiger partial charge on any atom is -0.496 e. The van der Waals surface area contributed by atoms with Crippen LogP contribution in [0.3, 0.4) is 0 Å². The molecule has 3 nitrogen and oxygen atoms in total. The Kier molecular flexibility index (Phi) is 5.81. The minimum absolute atomic E-state index is 0.0459. The van der Waals surface area contributed by atoms with Crippen LogP contribution in [0.4, 0.5) is 0 Å². The number of para-hydroxylation sites is 1. The average molecular weight is 303 g/mol. The Morgan fingerprint density at radius 2 is 2.10 bits per heavy atom. The van der Waals surface area contributed by atoms with Crippen molar-refractivity contribution in [2.24, 2.45) is 0 Å². The average Bonchev–Trinajstić information content (AvgIpc) is 3.00. The summed E-state index contributed by atoms with van der Waals surface area (Å²) >= 11 is 1.74. The molecule has 1 atom stereocenters. The van der Waals surface area contributed by atoms with Gasteiger partial charge in [-0.05, 0) is 37.3 Å². The molecular formula is C17H21NO2S. The SMILES string of the molecule is COc1ccccc1C(C)NC(=O)CCCc1cccs1. The quantitative estimate of drug-likeness (QED) is 0.841. The highest BCUT2D eigenvalue weighted by Crippen LogP contribution is 2.24. The Bertz CT molecular complexity index is 566. The summed E-state index contributed by atoms with van der Waals surface area (Å²) in [5.74, 6) is 0.897. The first kappa shape index (κ1) is 15.6. The molecule has 1 aromatic carbocycles. The smallest absolute Gasteiger partial charge is 0.220 e. The van der Waals surface area contributed by atoms with E-state index in [-0.39, 0.29) is 11.9 Å². The molecule has 4 heteroatoms. The number of carbonyl (C=O) groups excluding carboxylic acids is 1. The molecule has 1 aromatic heterocycles. The third-order valence-corrected chi connectivity index (χ3v) is 4.33. The summed E-state index contributed by atoms with van der Waals surface area (Å²) < 4.78 is 5.33. The molecule has 0 aliphatic carbocycles. The molecule has 1 amide bonds. The number of carbonyl (C=O) groups is 1. The third-order valence-electron chi connectivity index (χ3n) is 3.39. The van der Waals surface area contributed by atoms with Gasteiger partial charge in [0.25, 0.3) is 0 Å². The van der Waals surface area contributed by atoms with Gasteiger partial charge in [-0.1, -0.05) is 24.3 Å². The summed E-state index contributed by atoms with van der Waals surface area (Å²) in [5.41, 5.74) is 1.01. The molecule has 0 aliphatic rings. The maximum absolute atomic E-state index is 12.0. The van der Waals surface area contributed by atoms with Gasteiger partial charge in [-0.15, -0.1) is 11.3 Å². The van der Waals surface area contributed by atoms with Crippen LogP contribution in [0.15, 0.2) is 41.8 Å². The first-order chi connectivity index (χ1) is 10.2. The topological polar surface area (TPSA) is 38.3 Å². The lowest BCUT2D eigenvalue weighted by molar-refractivity contribution is -0.121. The fourth-order valence-electron chi connectivity index (χ4n) is 2.29. The van der Waals surface area contributed by atoms with Crippen molar-refractivity contribution in [3.63, 3.8) is 0 Å². The Morgan fingerprint density at radius 1 is 1.29 bits per heavy atom. The Labute approximate surface area is 130 Å². The first-order valence-corrected chi connectivity index (χ1v) is 8.03. The van der Waals surface area contributed by atoms with Gasteiger partial charge in [-0.2, -0.15) is 0 Å². The maximum Gasteiger partial charge on any atom is 0.220 e. The van der Waals surface area contributed by atoms with Crippen LogP contribution < -0.4 is 10.1 Å². The Balaban J connectivity index is 1.81. The minimum atomic E-state index is -0.0459. The van der Waals surface area contributed by atoms with E-state index in [1.54, 1.807) is 18.4 Å². The van der Waals surface area contributed by atoms with Gasteiger partial charge in [0.2, 0.25) is 5.91 Å². The van der Waals surface area contributed by atoms with Crippen molar-refractivity contribution >= 4 is 17.2 Å². The summed E-state index contributed by atoms with van der Waals surface area (Å²) in [6.45, 7) is 1.98. The number of hydrogen-bond acceptors (Lipinski definition) is 3. The second-order valence-corrected chi connectivity index (χ2v) is 6.00. The number of methoxy groups -OCH3 is 1. The van der Waals surface area contributed by atoms with Crippen molar-refractivity contribution in [3.05, 3.63) is 52.2 Å². The maximum atomic E-state index is 12.0. The van der Waals surface area contributed by atoms with Gasteiger partial charge in [0.15, 0.2) is 0 Å². The van der Waals surface area contributed by atoms with Crippen LogP contribution in [0, 0.1) is 0 Å². The summed E-state index contributed by atoms with van der Waals surface area (Å²) in [5, 5.41) is 5.10. The number of nitrogens with one attached hydrogen (secondary N) is 1. The van der Waals surface area contributed by atoms with Crippen LogP contribution >= 0.6 is 11.3 Å². The van der Waals surface area contributed by atoms with Crippen LogP contribution in [0.2, 0.25) is 0 Å². The van der Waals surface area contributed by atoms with Crippen LogP contribution in [0.25, 0.3) is 0 Å². The van der Waals surface area contributed by atoms with Gasteiger partial charge in [0.05, 0.1) is 13.2 Å². The summed E-state index contributed by atoms with van der Waals surface area (Å²) in [6.07, 6.45) is 2.40. The normalized spacial score (nSPS) is 11.9. The van der Waals surface area contributed by atoms with Gasteiger partial charge in [-0.3, -0.25) is 4.79 Å². The van der Waals surface area contributed by atoms with Gasteiger partial charge in [-0.25, -0.2) is 0 Å². The highest BCUT2D eigenvalue weighted by molar-refractivity contribution is 7.09. The lowest BCUT2D eigenvalue weighted by Crippen LogP contribution is -2.26. The van der Waals surface area contributed by atoms with Crippen molar-refractivity contribution < 1.29 is 9.53 Å². The number of benzene rings is 1. The monoisotopic (exact) mass is 303 g/mol. The van der Waals surface area contributed by atoms with Crippen LogP contribution in [-0.2, 0) is 11.2 Å². The number of ether oxygens (including phenoxy) is 1. The molecular weight excluding hydrogens is 282 g/mol. The molecule has 2 rings (SSSR count). The van der Waals surface area contributed by atoms with E-state index in [4.69, 9.17) is 4.74 Å². The lowest BCUT2D eigenvalue weighted by Gasteiger charge is -2.17. The zero-order valence-corrected chi connectivity index (χ0v) is 13.3. The first-order valence-electron chi connectivity index (χ1n) is 7.15. The zero-order chi connectivity index (χ0) is 15.1. The summed E-state index contributed by atoms with van der Waals surface area (Å²) in [4.78, 5) is 13.3. The van der Waals surface area contributed by atoms with E-state index in [0.29, 0.717) is 6.42 Å².